The van der Waals surface area contributed by atoms with Crippen molar-refractivity contribution in [3.05, 3.63) is 22.8 Å². The van der Waals surface area contributed by atoms with Crippen molar-refractivity contribution in [2.45, 2.75) is 32.7 Å². The van der Waals surface area contributed by atoms with E-state index in [0.717, 1.165) is 23.0 Å². The van der Waals surface area contributed by atoms with Crippen LogP contribution in [-0.2, 0) is 0 Å². The average Bonchev–Trinajstić information content (AvgIpc) is 2.59. The molecule has 2 rings (SSSR count). The largest absolute Gasteiger partial charge is 0.350 e. The molecule has 1 atom stereocenters. The first-order valence-electron chi connectivity index (χ1n) is 5.47. The summed E-state index contributed by atoms with van der Waals surface area (Å²) in [7, 11) is 0. The zero-order valence-electron chi connectivity index (χ0n) is 9.44. The van der Waals surface area contributed by atoms with Crippen molar-refractivity contribution in [3.63, 3.8) is 0 Å². The number of nitrogens with zero attached hydrogens (tertiary/aromatic N) is 3. The van der Waals surface area contributed by atoms with Crippen molar-refractivity contribution in [3.8, 4) is 0 Å². The first kappa shape index (κ1) is 11.4. The smallest absolute Gasteiger partial charge is 0.243 e. The van der Waals surface area contributed by atoms with Crippen molar-refractivity contribution in [1.82, 2.24) is 14.6 Å². The Morgan fingerprint density at radius 2 is 2.31 bits per heavy atom. The predicted molar refractivity (Wildman–Crippen MR) is 68.7 cm³/mol. The van der Waals surface area contributed by atoms with Gasteiger partial charge in [-0.05, 0) is 41.4 Å². The zero-order valence-corrected chi connectivity index (χ0v) is 11.0. The van der Waals surface area contributed by atoms with E-state index in [1.165, 1.54) is 0 Å². The lowest BCUT2D eigenvalue weighted by molar-refractivity contribution is 0.683. The lowest BCUT2D eigenvalue weighted by atomic mass is 10.2. The predicted octanol–water partition coefficient (Wildman–Crippen LogP) is 3.09. The SMILES string of the molecule is CCCC(C)Nc1nc2ccc(Br)cn2n1. The van der Waals surface area contributed by atoms with Crippen molar-refractivity contribution in [1.29, 1.82) is 0 Å². The van der Waals surface area contributed by atoms with Gasteiger partial charge in [-0.3, -0.25) is 0 Å². The second-order valence-corrected chi connectivity index (χ2v) is 4.84. The molecule has 1 unspecified atom stereocenters. The molecule has 86 valence electrons. The third kappa shape index (κ3) is 2.52. The molecule has 0 aliphatic heterocycles. The number of hydrogen-bond acceptors (Lipinski definition) is 3. The van der Waals surface area contributed by atoms with Crippen LogP contribution in [0.3, 0.4) is 0 Å². The van der Waals surface area contributed by atoms with E-state index < -0.39 is 0 Å². The monoisotopic (exact) mass is 282 g/mol. The van der Waals surface area contributed by atoms with E-state index in [1.54, 1.807) is 4.52 Å². The van der Waals surface area contributed by atoms with Crippen LogP contribution in [0.15, 0.2) is 22.8 Å². The fourth-order valence-corrected chi connectivity index (χ4v) is 1.97. The number of rotatable bonds is 4. The molecule has 0 aromatic carbocycles. The maximum Gasteiger partial charge on any atom is 0.243 e. The average molecular weight is 283 g/mol. The molecular formula is C11H15BrN4. The minimum absolute atomic E-state index is 0.408. The normalized spacial score (nSPS) is 12.9. The van der Waals surface area contributed by atoms with Gasteiger partial charge in [-0.1, -0.05) is 13.3 Å². The summed E-state index contributed by atoms with van der Waals surface area (Å²) in [6, 6.07) is 4.31. The Kier molecular flexibility index (Phi) is 3.43. The Hall–Kier alpha value is -1.10. The molecular weight excluding hydrogens is 268 g/mol. The highest BCUT2D eigenvalue weighted by Crippen LogP contribution is 2.13. The van der Waals surface area contributed by atoms with Gasteiger partial charge >= 0.3 is 0 Å². The van der Waals surface area contributed by atoms with Crippen molar-refractivity contribution in [2.75, 3.05) is 5.32 Å². The van der Waals surface area contributed by atoms with Crippen molar-refractivity contribution < 1.29 is 0 Å². The molecule has 2 aromatic heterocycles. The molecule has 16 heavy (non-hydrogen) atoms. The standard InChI is InChI=1S/C11H15BrN4/c1-3-4-8(2)13-11-14-10-6-5-9(12)7-16(10)15-11/h5-8H,3-4H2,1-2H3,(H,13,15). The van der Waals surface area contributed by atoms with Crippen LogP contribution in [0.5, 0.6) is 0 Å². The Morgan fingerprint density at radius 3 is 3.06 bits per heavy atom. The minimum atomic E-state index is 0.408. The van der Waals surface area contributed by atoms with Crippen LogP contribution in [0.1, 0.15) is 26.7 Å². The highest BCUT2D eigenvalue weighted by Gasteiger charge is 2.06. The molecule has 0 saturated carbocycles. The van der Waals surface area contributed by atoms with Gasteiger partial charge in [-0.15, -0.1) is 5.10 Å². The summed E-state index contributed by atoms with van der Waals surface area (Å²) >= 11 is 3.41. The van der Waals surface area contributed by atoms with Crippen molar-refractivity contribution >= 4 is 27.5 Å². The fraction of sp³-hybridized carbons (Fsp3) is 0.455. The van der Waals surface area contributed by atoms with E-state index in [-0.39, 0.29) is 0 Å². The van der Waals surface area contributed by atoms with Gasteiger partial charge in [0.05, 0.1) is 0 Å². The molecule has 0 saturated heterocycles. The molecule has 2 aromatic rings. The van der Waals surface area contributed by atoms with Crippen LogP contribution in [-0.4, -0.2) is 20.6 Å². The first-order chi connectivity index (χ1) is 7.69. The molecule has 0 aliphatic carbocycles. The summed E-state index contributed by atoms with van der Waals surface area (Å²) in [5.74, 6) is 0.694. The molecule has 0 spiro atoms. The Balaban J connectivity index is 2.19. The van der Waals surface area contributed by atoms with Gasteiger partial charge in [-0.25, -0.2) is 4.52 Å². The van der Waals surface area contributed by atoms with Crippen LogP contribution in [0, 0.1) is 0 Å². The number of anilines is 1. The first-order valence-corrected chi connectivity index (χ1v) is 6.27. The van der Waals surface area contributed by atoms with E-state index in [9.17, 15) is 0 Å². The zero-order chi connectivity index (χ0) is 11.5. The van der Waals surface area contributed by atoms with Gasteiger partial charge in [-0.2, -0.15) is 4.98 Å². The number of hydrogen-bond donors (Lipinski definition) is 1. The van der Waals surface area contributed by atoms with Gasteiger partial charge in [0.15, 0.2) is 5.65 Å². The summed E-state index contributed by atoms with van der Waals surface area (Å²) in [6.45, 7) is 4.32. The number of aromatic nitrogens is 3. The molecule has 0 radical (unpaired) electrons. The molecule has 4 nitrogen and oxygen atoms in total. The van der Waals surface area contributed by atoms with E-state index >= 15 is 0 Å². The van der Waals surface area contributed by atoms with E-state index in [0.29, 0.717) is 12.0 Å². The summed E-state index contributed by atoms with van der Waals surface area (Å²) < 4.78 is 2.77. The molecule has 2 heterocycles. The Bertz CT molecular complexity index is 480. The number of nitrogens with one attached hydrogen (secondary N) is 1. The van der Waals surface area contributed by atoms with Gasteiger partial charge in [0.1, 0.15) is 0 Å². The third-order valence-electron chi connectivity index (χ3n) is 2.39. The molecule has 0 bridgehead atoms. The Labute approximate surface area is 103 Å². The molecule has 0 fully saturated rings. The van der Waals surface area contributed by atoms with Crippen LogP contribution < -0.4 is 5.32 Å². The minimum Gasteiger partial charge on any atom is -0.350 e. The lowest BCUT2D eigenvalue weighted by Gasteiger charge is -2.09. The van der Waals surface area contributed by atoms with Crippen LogP contribution in [0.4, 0.5) is 5.95 Å². The van der Waals surface area contributed by atoms with Gasteiger partial charge in [0, 0.05) is 16.7 Å². The number of pyridine rings is 1. The number of halogens is 1. The highest BCUT2D eigenvalue weighted by molar-refractivity contribution is 9.10. The lowest BCUT2D eigenvalue weighted by Crippen LogP contribution is -2.15. The van der Waals surface area contributed by atoms with Crippen LogP contribution in [0.2, 0.25) is 0 Å². The van der Waals surface area contributed by atoms with E-state index in [1.807, 2.05) is 18.3 Å². The van der Waals surface area contributed by atoms with Crippen LogP contribution in [0.25, 0.3) is 5.65 Å². The maximum atomic E-state index is 4.40. The van der Waals surface area contributed by atoms with Gasteiger partial charge in [0.2, 0.25) is 5.95 Å². The van der Waals surface area contributed by atoms with Gasteiger partial charge < -0.3 is 5.32 Å². The quantitative estimate of drug-likeness (QED) is 0.937. The fourth-order valence-electron chi connectivity index (χ4n) is 1.64. The van der Waals surface area contributed by atoms with E-state index in [2.05, 4.69) is 45.2 Å². The van der Waals surface area contributed by atoms with Gasteiger partial charge in [0.25, 0.3) is 0 Å². The molecule has 5 heteroatoms. The second-order valence-electron chi connectivity index (χ2n) is 3.92. The second kappa shape index (κ2) is 4.82. The summed E-state index contributed by atoms with van der Waals surface area (Å²) in [5.41, 5.74) is 0.856. The summed E-state index contributed by atoms with van der Waals surface area (Å²) in [5, 5.41) is 7.65. The summed E-state index contributed by atoms with van der Waals surface area (Å²) in [6.07, 6.45) is 4.18. The topological polar surface area (TPSA) is 42.2 Å². The third-order valence-corrected chi connectivity index (χ3v) is 2.86. The molecule has 1 N–H and O–H groups in total. The van der Waals surface area contributed by atoms with Crippen LogP contribution >= 0.6 is 15.9 Å². The molecule has 0 amide bonds. The maximum absolute atomic E-state index is 4.40. The van der Waals surface area contributed by atoms with E-state index in [4.69, 9.17) is 0 Å². The summed E-state index contributed by atoms with van der Waals surface area (Å²) in [4.78, 5) is 4.40. The number of fused-ring (bicyclic) bond motifs is 1. The van der Waals surface area contributed by atoms with Crippen molar-refractivity contribution in [2.24, 2.45) is 0 Å². The Morgan fingerprint density at radius 1 is 1.50 bits per heavy atom. The highest BCUT2D eigenvalue weighted by atomic mass is 79.9. The molecule has 0 aliphatic rings.